The van der Waals surface area contributed by atoms with Crippen molar-refractivity contribution in [2.45, 2.75) is 51.4 Å². The van der Waals surface area contributed by atoms with Crippen LogP contribution < -0.4 is 21.1 Å². The molecule has 1 aromatic carbocycles. The molecule has 2 atom stereocenters. The molecule has 1 aliphatic carbocycles. The standard InChI is InChI=1S/C29H32N6O6/c1-29(2,3)40-28(38)34(4)20-16-22(30-19-12-9-15-35(27(19)37)17-10-7-6-8-11-17)32-24-23(20)33-41-25(24)26(36)31-18-13-14-21(18)39-5/h6-12,15-16,18,21H,13-14H2,1-5H3,(H,30,32)(H,31,36)/t18-,21-/m1/s1. The Bertz CT molecular complexity index is 1640. The highest BCUT2D eigenvalue weighted by molar-refractivity contribution is 6.07. The van der Waals surface area contributed by atoms with E-state index in [2.05, 4.69) is 20.8 Å². The van der Waals surface area contributed by atoms with Gasteiger partial charge < -0.3 is 24.6 Å². The Balaban J connectivity index is 1.56. The van der Waals surface area contributed by atoms with Crippen molar-refractivity contribution in [2.24, 2.45) is 0 Å². The van der Waals surface area contributed by atoms with Gasteiger partial charge in [-0.2, -0.15) is 0 Å². The van der Waals surface area contributed by atoms with E-state index in [9.17, 15) is 14.4 Å². The van der Waals surface area contributed by atoms with Gasteiger partial charge in [0.2, 0.25) is 5.76 Å². The molecule has 214 valence electrons. The van der Waals surface area contributed by atoms with E-state index in [1.165, 1.54) is 16.5 Å². The fourth-order valence-corrected chi connectivity index (χ4v) is 4.47. The molecule has 0 bridgehead atoms. The molecule has 1 aliphatic rings. The molecule has 0 saturated heterocycles. The zero-order valence-electron chi connectivity index (χ0n) is 23.5. The molecule has 1 saturated carbocycles. The molecule has 0 spiro atoms. The van der Waals surface area contributed by atoms with Crippen LogP contribution in [0.1, 0.15) is 44.2 Å². The Kier molecular flexibility index (Phi) is 7.50. The largest absolute Gasteiger partial charge is 0.443 e. The number of aromatic nitrogens is 3. The first-order valence-electron chi connectivity index (χ1n) is 13.2. The summed E-state index contributed by atoms with van der Waals surface area (Å²) < 4.78 is 17.9. The van der Waals surface area contributed by atoms with Crippen molar-refractivity contribution < 1.29 is 23.6 Å². The van der Waals surface area contributed by atoms with Crippen LogP contribution in [0.4, 0.5) is 22.0 Å². The fourth-order valence-electron chi connectivity index (χ4n) is 4.47. The number of nitrogens with zero attached hydrogens (tertiary/aromatic N) is 4. The average molecular weight is 561 g/mol. The first-order chi connectivity index (χ1) is 19.6. The molecular formula is C29H32N6O6. The average Bonchev–Trinajstić information content (AvgIpc) is 3.35. The third-order valence-corrected chi connectivity index (χ3v) is 6.73. The molecular weight excluding hydrogens is 528 g/mol. The number of ether oxygens (including phenoxy) is 2. The van der Waals surface area contributed by atoms with E-state index in [-0.39, 0.29) is 51.7 Å². The van der Waals surface area contributed by atoms with Gasteiger partial charge >= 0.3 is 6.09 Å². The number of para-hydroxylation sites is 1. The number of pyridine rings is 2. The molecule has 0 radical (unpaired) electrons. The van der Waals surface area contributed by atoms with Gasteiger partial charge in [-0.15, -0.1) is 0 Å². The van der Waals surface area contributed by atoms with Crippen LogP contribution in [-0.2, 0) is 9.47 Å². The fraction of sp³-hybridized carbons (Fsp3) is 0.345. The van der Waals surface area contributed by atoms with Crippen molar-refractivity contribution in [3.8, 4) is 5.69 Å². The van der Waals surface area contributed by atoms with E-state index in [0.717, 1.165) is 12.8 Å². The second-order valence-corrected chi connectivity index (χ2v) is 10.8. The Labute approximate surface area is 236 Å². The van der Waals surface area contributed by atoms with Gasteiger partial charge in [0.05, 0.1) is 17.8 Å². The van der Waals surface area contributed by atoms with Gasteiger partial charge in [0.15, 0.2) is 5.52 Å². The minimum absolute atomic E-state index is 0.0861. The molecule has 0 unspecified atom stereocenters. The van der Waals surface area contributed by atoms with Crippen molar-refractivity contribution in [3.05, 3.63) is 70.8 Å². The van der Waals surface area contributed by atoms with E-state index < -0.39 is 17.6 Å². The maximum Gasteiger partial charge on any atom is 0.414 e. The third-order valence-electron chi connectivity index (χ3n) is 6.73. The van der Waals surface area contributed by atoms with Gasteiger partial charge in [0.25, 0.3) is 11.5 Å². The summed E-state index contributed by atoms with van der Waals surface area (Å²) in [6.07, 6.45) is 2.54. The van der Waals surface area contributed by atoms with Crippen molar-refractivity contribution in [1.29, 1.82) is 0 Å². The summed E-state index contributed by atoms with van der Waals surface area (Å²) in [5.41, 5.74) is 0.424. The van der Waals surface area contributed by atoms with E-state index in [4.69, 9.17) is 14.0 Å². The number of hydrogen-bond acceptors (Lipinski definition) is 9. The molecule has 4 aromatic rings. The third kappa shape index (κ3) is 5.78. The number of rotatable bonds is 7. The maximum atomic E-state index is 13.3. The van der Waals surface area contributed by atoms with Gasteiger partial charge in [-0.05, 0) is 57.9 Å². The zero-order chi connectivity index (χ0) is 29.3. The number of anilines is 3. The quantitative estimate of drug-likeness (QED) is 0.336. The Morgan fingerprint density at radius 3 is 2.51 bits per heavy atom. The summed E-state index contributed by atoms with van der Waals surface area (Å²) in [6, 6.07) is 13.9. The van der Waals surface area contributed by atoms with E-state index >= 15 is 0 Å². The van der Waals surface area contributed by atoms with Crippen molar-refractivity contribution in [1.82, 2.24) is 20.0 Å². The van der Waals surface area contributed by atoms with E-state index in [1.807, 2.05) is 30.3 Å². The summed E-state index contributed by atoms with van der Waals surface area (Å²) in [5.74, 6) is -0.443. The molecule has 41 heavy (non-hydrogen) atoms. The Morgan fingerprint density at radius 2 is 1.85 bits per heavy atom. The van der Waals surface area contributed by atoms with Crippen LogP contribution in [0.25, 0.3) is 16.7 Å². The smallest absolute Gasteiger partial charge is 0.414 e. The lowest BCUT2D eigenvalue weighted by atomic mass is 9.89. The molecule has 1 fully saturated rings. The van der Waals surface area contributed by atoms with Gasteiger partial charge in [0.1, 0.15) is 22.6 Å². The summed E-state index contributed by atoms with van der Waals surface area (Å²) in [4.78, 5) is 45.4. The summed E-state index contributed by atoms with van der Waals surface area (Å²) in [7, 11) is 3.12. The monoisotopic (exact) mass is 560 g/mol. The van der Waals surface area contributed by atoms with Gasteiger partial charge in [-0.3, -0.25) is 19.1 Å². The predicted octanol–water partition coefficient (Wildman–Crippen LogP) is 4.40. The van der Waals surface area contributed by atoms with Crippen molar-refractivity contribution in [2.75, 3.05) is 24.4 Å². The summed E-state index contributed by atoms with van der Waals surface area (Å²) in [6.45, 7) is 5.27. The second kappa shape index (κ2) is 11.0. The topological polar surface area (TPSA) is 141 Å². The van der Waals surface area contributed by atoms with Crippen LogP contribution in [0.5, 0.6) is 0 Å². The zero-order valence-corrected chi connectivity index (χ0v) is 23.5. The molecule has 12 heteroatoms. The Hall–Kier alpha value is -4.71. The van der Waals surface area contributed by atoms with Crippen LogP contribution in [0, 0.1) is 0 Å². The summed E-state index contributed by atoms with van der Waals surface area (Å²) >= 11 is 0. The van der Waals surface area contributed by atoms with Crippen molar-refractivity contribution >= 4 is 40.2 Å². The molecule has 3 aromatic heterocycles. The van der Waals surface area contributed by atoms with Crippen LogP contribution in [0.3, 0.4) is 0 Å². The SMILES string of the molecule is CO[C@@H]1CC[C@H]1NC(=O)c1onc2c(N(C)C(=O)OC(C)(C)C)cc(Nc3cccn(-c4ccccc4)c3=O)nc12. The number of fused-ring (bicyclic) bond motifs is 1. The lowest BCUT2D eigenvalue weighted by molar-refractivity contribution is 0.00677. The lowest BCUT2D eigenvalue weighted by Crippen LogP contribution is -2.51. The van der Waals surface area contributed by atoms with Crippen molar-refractivity contribution in [3.63, 3.8) is 0 Å². The number of nitrogens with one attached hydrogen (secondary N) is 2. The number of amides is 2. The van der Waals surface area contributed by atoms with E-state index in [1.54, 1.807) is 52.3 Å². The summed E-state index contributed by atoms with van der Waals surface area (Å²) in [5, 5.41) is 10.0. The van der Waals surface area contributed by atoms with Gasteiger partial charge in [-0.25, -0.2) is 9.78 Å². The first kappa shape index (κ1) is 27.8. The van der Waals surface area contributed by atoms with Gasteiger partial charge in [0, 0.05) is 32.1 Å². The molecule has 5 rings (SSSR count). The second-order valence-electron chi connectivity index (χ2n) is 10.8. The van der Waals surface area contributed by atoms with Crippen LogP contribution >= 0.6 is 0 Å². The Morgan fingerprint density at radius 1 is 1.10 bits per heavy atom. The minimum Gasteiger partial charge on any atom is -0.443 e. The van der Waals surface area contributed by atoms with E-state index in [0.29, 0.717) is 5.69 Å². The lowest BCUT2D eigenvalue weighted by Gasteiger charge is -2.35. The normalized spacial score (nSPS) is 16.6. The highest BCUT2D eigenvalue weighted by Crippen LogP contribution is 2.32. The number of methoxy groups -OCH3 is 1. The maximum absolute atomic E-state index is 13.3. The molecule has 2 N–H and O–H groups in total. The number of hydrogen-bond donors (Lipinski definition) is 2. The first-order valence-corrected chi connectivity index (χ1v) is 13.2. The highest BCUT2D eigenvalue weighted by Gasteiger charge is 2.34. The molecule has 0 aliphatic heterocycles. The molecule has 2 amide bonds. The number of carbonyl (C=O) groups is 2. The van der Waals surface area contributed by atoms with Crippen LogP contribution in [0.15, 0.2) is 64.0 Å². The highest BCUT2D eigenvalue weighted by atomic mass is 16.6. The minimum atomic E-state index is -0.749. The molecule has 3 heterocycles. The number of benzene rings is 1. The number of carbonyl (C=O) groups excluding carboxylic acids is 2. The van der Waals surface area contributed by atoms with Gasteiger partial charge in [-0.1, -0.05) is 23.4 Å². The van der Waals surface area contributed by atoms with Crippen LogP contribution in [-0.4, -0.2) is 58.6 Å². The van der Waals surface area contributed by atoms with Crippen LogP contribution in [0.2, 0.25) is 0 Å². The predicted molar refractivity (Wildman–Crippen MR) is 153 cm³/mol. The molecule has 12 nitrogen and oxygen atoms in total.